The Morgan fingerprint density at radius 3 is 2.65 bits per heavy atom. The molecule has 0 spiro atoms. The molecule has 2 aromatic rings. The van der Waals surface area contributed by atoms with Gasteiger partial charge >= 0.3 is 0 Å². The molecule has 0 bridgehead atoms. The number of ketones is 1. The van der Waals surface area contributed by atoms with Crippen molar-refractivity contribution in [2.45, 2.75) is 6.42 Å². The largest absolute Gasteiger partial charge is 0.508 e. The fraction of sp³-hybridized carbons (Fsp3) is 0.188. The van der Waals surface area contributed by atoms with Crippen LogP contribution in [0.25, 0.3) is 0 Å². The van der Waals surface area contributed by atoms with Gasteiger partial charge < -0.3 is 14.6 Å². The average molecular weight is 464 g/mol. The zero-order valence-electron chi connectivity index (χ0n) is 13.4. The van der Waals surface area contributed by atoms with Crippen molar-refractivity contribution in [3.8, 4) is 11.5 Å². The molecule has 1 N–H and O–H groups in total. The molecule has 4 nitrogen and oxygen atoms in total. The molecule has 0 aliphatic carbocycles. The number of phenols is 1. The molecule has 122 valence electrons. The predicted octanol–water partition coefficient (Wildman–Crippen LogP) is 4.54. The van der Waals surface area contributed by atoms with E-state index >= 15 is 0 Å². The summed E-state index contributed by atoms with van der Waals surface area (Å²) in [6.45, 7) is 0.174. The number of ether oxygens (including phenoxy) is 2. The van der Waals surface area contributed by atoms with E-state index in [1.54, 1.807) is 49.6 Å². The number of halogens is 1. The minimum Gasteiger partial charge on any atom is -0.508 e. The Morgan fingerprint density at radius 2 is 2.04 bits per heavy atom. The van der Waals surface area contributed by atoms with Gasteiger partial charge in [-0.05, 0) is 75.8 Å². The molecule has 2 rings (SSSR count). The van der Waals surface area contributed by atoms with Crippen molar-refractivity contribution in [2.75, 3.05) is 13.9 Å². The highest BCUT2D eigenvalue weighted by atomic mass is 127. The van der Waals surface area contributed by atoms with Gasteiger partial charge in [0, 0.05) is 24.1 Å². The van der Waals surface area contributed by atoms with Gasteiger partial charge in [-0.3, -0.25) is 4.79 Å². The lowest BCUT2D eigenvalue weighted by molar-refractivity contribution is 0.0511. The van der Waals surface area contributed by atoms with E-state index in [1.807, 2.05) is 6.07 Å². The van der Waals surface area contributed by atoms with Gasteiger partial charge in [0.2, 0.25) is 0 Å². The van der Waals surface area contributed by atoms with E-state index in [0.717, 1.165) is 10.6 Å². The number of hydrogen-bond donors (Lipinski definition) is 1. The van der Waals surface area contributed by atoms with Crippen LogP contribution in [-0.4, -0.2) is 26.2 Å². The summed E-state index contributed by atoms with van der Waals surface area (Å²) in [5, 5.41) is 4.41. The summed E-state index contributed by atoms with van der Waals surface area (Å²) < 4.78 is 16.9. The Bertz CT molecular complexity index is 655. The molecule has 0 fully saturated rings. The van der Waals surface area contributed by atoms with Crippen molar-refractivity contribution in [3.63, 3.8) is 0 Å². The molecule has 0 amide bonds. The van der Waals surface area contributed by atoms with Gasteiger partial charge in [0.15, 0.2) is 12.6 Å². The molecular formula is C16H16IO4PS. The number of methoxy groups -OCH3 is 1. The second kappa shape index (κ2) is 11.5. The third-order valence-corrected chi connectivity index (χ3v) is 2.78. The smallest absolute Gasteiger partial charge is 0.293 e. The molecule has 7 heteroatoms. The zero-order chi connectivity index (χ0) is 17.8. The average Bonchev–Trinajstić information content (AvgIpc) is 2.61. The molecule has 0 aromatic heterocycles. The highest BCUT2D eigenvalue weighted by molar-refractivity contribution is 14.2. The molecule has 23 heavy (non-hydrogen) atoms. The zero-order valence-corrected chi connectivity index (χ0v) is 16.3. The summed E-state index contributed by atoms with van der Waals surface area (Å²) in [6.07, 6.45) is 0.259. The van der Waals surface area contributed by atoms with Crippen molar-refractivity contribution in [3.05, 3.63) is 59.7 Å². The lowest BCUT2D eigenvalue weighted by atomic mass is 10.0. The van der Waals surface area contributed by atoms with Crippen LogP contribution >= 0.6 is 27.0 Å². The van der Waals surface area contributed by atoms with Crippen LogP contribution in [0.1, 0.15) is 15.9 Å². The van der Waals surface area contributed by atoms with E-state index in [1.165, 1.54) is 0 Å². The Kier molecular flexibility index (Phi) is 9.09. The number of carbonyl (C=O) groups excluding carboxylic acids is 1. The molecule has 0 heterocycles. The topological polar surface area (TPSA) is 55.8 Å². The lowest BCUT2D eigenvalue weighted by Gasteiger charge is -2.06. The van der Waals surface area contributed by atoms with Crippen LogP contribution in [-0.2, 0) is 23.0 Å². The highest BCUT2D eigenvalue weighted by Crippen LogP contribution is 2.16. The normalized spacial score (nSPS) is 10.3. The standard InChI is InChI=1S/C16H16O4.IPS/c1-19-11-20-15-7-5-13(6-8-15)16(18)10-12-3-2-4-14(17)9-12;1-2-3/h2-9,17H,10-11H2,1H3;/i/hT. The molecule has 0 saturated carbocycles. The number of phenolic OH excluding ortho intramolecular Hbond substituents is 1. The summed E-state index contributed by atoms with van der Waals surface area (Å²) in [5.74, 6) is 1.07. The Hall–Kier alpha value is -1.08. The van der Waals surface area contributed by atoms with Crippen molar-refractivity contribution in [1.29, 1.82) is 1.43 Å². The number of aromatic hydroxyl groups is 1. The van der Waals surface area contributed by atoms with Crippen molar-refractivity contribution in [1.82, 2.24) is 0 Å². The third kappa shape index (κ3) is 7.83. The molecule has 0 radical (unpaired) electrons. The Morgan fingerprint density at radius 1 is 1.35 bits per heavy atom. The fourth-order valence-corrected chi connectivity index (χ4v) is 1.81. The SMILES string of the molecule is S=PI.[3H]Oc1cccc(CC(=O)c2ccc(OCOC)cc2)c1. The molecular weight excluding hydrogens is 446 g/mol. The monoisotopic (exact) mass is 464 g/mol. The van der Waals surface area contributed by atoms with Crippen LogP contribution in [0.4, 0.5) is 0 Å². The van der Waals surface area contributed by atoms with E-state index < -0.39 is 0 Å². The van der Waals surface area contributed by atoms with Crippen molar-refractivity contribution >= 4 is 44.6 Å². The quantitative estimate of drug-likeness (QED) is 0.282. The van der Waals surface area contributed by atoms with Crippen molar-refractivity contribution in [2.24, 2.45) is 0 Å². The minimum atomic E-state index is -0.00424. The van der Waals surface area contributed by atoms with Gasteiger partial charge in [0.25, 0.3) is 1.43 Å². The van der Waals surface area contributed by atoms with Gasteiger partial charge in [-0.15, -0.1) is 0 Å². The Labute approximate surface area is 156 Å². The molecule has 0 atom stereocenters. The number of Topliss-reactive ketones (excluding diaryl/α,β-unsaturated/α-hetero) is 1. The highest BCUT2D eigenvalue weighted by Gasteiger charge is 2.07. The van der Waals surface area contributed by atoms with Crippen LogP contribution in [0.2, 0.25) is 0 Å². The van der Waals surface area contributed by atoms with Crippen LogP contribution in [0.5, 0.6) is 11.5 Å². The van der Waals surface area contributed by atoms with Gasteiger partial charge in [0.1, 0.15) is 11.5 Å². The van der Waals surface area contributed by atoms with Gasteiger partial charge in [0.05, 0.1) is 0 Å². The van der Waals surface area contributed by atoms with Gasteiger partial charge in [-0.1, -0.05) is 12.1 Å². The fourth-order valence-electron chi connectivity index (χ4n) is 1.81. The molecule has 0 unspecified atom stereocenters. The van der Waals surface area contributed by atoms with Crippen LogP contribution in [0, 0.1) is 0 Å². The minimum absolute atomic E-state index is 0.00424. The van der Waals surface area contributed by atoms with Crippen LogP contribution in [0.15, 0.2) is 48.5 Å². The third-order valence-electron chi connectivity index (χ3n) is 2.78. The first-order chi connectivity index (χ1) is 11.6. The molecule has 0 aliphatic rings. The summed E-state index contributed by atoms with van der Waals surface area (Å²) in [7, 11) is 1.55. The predicted molar refractivity (Wildman–Crippen MR) is 103 cm³/mol. The maximum absolute atomic E-state index is 12.2. The summed E-state index contributed by atoms with van der Waals surface area (Å²) in [5.41, 5.74) is 1.42. The van der Waals surface area contributed by atoms with Crippen LogP contribution in [0.3, 0.4) is 0 Å². The van der Waals surface area contributed by atoms with Crippen molar-refractivity contribution < 1.29 is 19.4 Å². The summed E-state index contributed by atoms with van der Waals surface area (Å²) >= 11 is 6.43. The second-order valence-electron chi connectivity index (χ2n) is 4.39. The number of benzene rings is 2. The number of carbonyl (C=O) groups is 1. The van der Waals surface area contributed by atoms with E-state index in [0.29, 0.717) is 17.1 Å². The number of rotatable bonds is 7. The van der Waals surface area contributed by atoms with E-state index in [2.05, 4.69) is 39.0 Å². The second-order valence-corrected chi connectivity index (χ2v) is 8.49. The Balaban J connectivity index is 0.000000891. The first-order valence-corrected chi connectivity index (χ1v) is 11.2. The van der Waals surface area contributed by atoms with Crippen LogP contribution < -0.4 is 4.74 Å². The number of hydrogen-bond acceptors (Lipinski definition) is 5. The first-order valence-electron chi connectivity index (χ1n) is 6.96. The molecule has 2 aromatic carbocycles. The maximum atomic E-state index is 12.2. The molecule has 0 aliphatic heterocycles. The van der Waals surface area contributed by atoms with Gasteiger partial charge in [-0.2, -0.15) is 0 Å². The summed E-state index contributed by atoms with van der Waals surface area (Å²) in [4.78, 5) is 13.2. The lowest BCUT2D eigenvalue weighted by Crippen LogP contribution is -2.04. The maximum Gasteiger partial charge on any atom is 0.293 e. The summed E-state index contributed by atoms with van der Waals surface area (Å²) in [6, 6.07) is 13.8. The van der Waals surface area contributed by atoms with Gasteiger partial charge in [-0.25, -0.2) is 0 Å². The molecule has 0 saturated heterocycles. The van der Waals surface area contributed by atoms with E-state index in [9.17, 15) is 4.79 Å². The van der Waals surface area contributed by atoms with E-state index in [-0.39, 0.29) is 19.0 Å². The van der Waals surface area contributed by atoms with E-state index in [4.69, 9.17) is 10.9 Å². The first kappa shape index (κ1) is 18.3.